The summed E-state index contributed by atoms with van der Waals surface area (Å²) in [5.74, 6) is 1.06. The van der Waals surface area contributed by atoms with Gasteiger partial charge in [-0.05, 0) is 114 Å². The highest BCUT2D eigenvalue weighted by Crippen LogP contribution is 2.40. The molecule has 160 valence electrons. The van der Waals surface area contributed by atoms with Gasteiger partial charge in [0.15, 0.2) is 0 Å². The van der Waals surface area contributed by atoms with Crippen LogP contribution in [-0.4, -0.2) is 34.7 Å². The van der Waals surface area contributed by atoms with Crippen LogP contribution in [-0.2, 0) is 9.84 Å². The van der Waals surface area contributed by atoms with Gasteiger partial charge in [0.25, 0.3) is 0 Å². The van der Waals surface area contributed by atoms with Crippen LogP contribution in [0.15, 0.2) is 51.9 Å². The van der Waals surface area contributed by atoms with Crippen LogP contribution in [0.25, 0.3) is 0 Å². The van der Waals surface area contributed by atoms with Crippen molar-refractivity contribution in [3.05, 3.63) is 42.2 Å². The summed E-state index contributed by atoms with van der Waals surface area (Å²) in [7, 11) is -3.78. The first-order valence-electron chi connectivity index (χ1n) is 8.61. The minimum absolute atomic E-state index is 0.123. The molecule has 2 aromatic rings. The number of benzene rings is 2. The van der Waals surface area contributed by atoms with Gasteiger partial charge >= 0.3 is 0 Å². The first-order chi connectivity index (χ1) is 13.7. The number of nitrogens with two attached hydrogens (primary N) is 2. The van der Waals surface area contributed by atoms with Crippen LogP contribution >= 0.6 is 63.7 Å². The van der Waals surface area contributed by atoms with Gasteiger partial charge in [-0.15, -0.1) is 0 Å². The molecule has 0 aliphatic carbocycles. The van der Waals surface area contributed by atoms with Crippen LogP contribution in [0, 0.1) is 0 Å². The summed E-state index contributed by atoms with van der Waals surface area (Å²) >= 11 is 13.6. The van der Waals surface area contributed by atoms with Crippen LogP contribution in [0.2, 0.25) is 0 Å². The van der Waals surface area contributed by atoms with E-state index in [4.69, 9.17) is 20.9 Å². The van der Waals surface area contributed by atoms with Gasteiger partial charge in [-0.25, -0.2) is 8.42 Å². The summed E-state index contributed by atoms with van der Waals surface area (Å²) in [6, 6.07) is 6.08. The number of ether oxygens (including phenoxy) is 2. The van der Waals surface area contributed by atoms with Crippen molar-refractivity contribution in [2.75, 3.05) is 26.3 Å². The molecule has 0 fully saturated rings. The maximum atomic E-state index is 13.2. The molecule has 29 heavy (non-hydrogen) atoms. The zero-order valence-corrected chi connectivity index (χ0v) is 22.4. The van der Waals surface area contributed by atoms with Crippen LogP contribution < -0.4 is 20.9 Å². The largest absolute Gasteiger partial charge is 0.491 e. The summed E-state index contributed by atoms with van der Waals surface area (Å²) < 4.78 is 39.8. The first-order valence-corrected chi connectivity index (χ1v) is 13.3. The Bertz CT molecular complexity index is 853. The Labute approximate surface area is 204 Å². The Morgan fingerprint density at radius 1 is 0.690 bits per heavy atom. The van der Waals surface area contributed by atoms with Crippen molar-refractivity contribution in [2.24, 2.45) is 11.5 Å². The number of rotatable bonds is 10. The smallest absolute Gasteiger partial charge is 0.206 e. The molecule has 0 unspecified atom stereocenters. The normalized spacial score (nSPS) is 11.5. The topological polar surface area (TPSA) is 105 Å². The fourth-order valence-electron chi connectivity index (χ4n) is 2.31. The fourth-order valence-corrected chi connectivity index (χ4v) is 7.11. The highest BCUT2D eigenvalue weighted by atomic mass is 79.9. The number of hydrogen-bond donors (Lipinski definition) is 2. The number of halogens is 4. The monoisotopic (exact) mass is 676 g/mol. The molecule has 0 spiro atoms. The molecule has 4 N–H and O–H groups in total. The zero-order chi connectivity index (χ0) is 21.6. The molecule has 0 aromatic heterocycles. The highest BCUT2D eigenvalue weighted by Gasteiger charge is 2.24. The van der Waals surface area contributed by atoms with Crippen molar-refractivity contribution >= 4 is 73.6 Å². The molecule has 0 aliphatic rings. The molecule has 0 radical (unpaired) electrons. The predicted octanol–water partition coefficient (Wildman–Crippen LogP) is 5.02. The van der Waals surface area contributed by atoms with Crippen molar-refractivity contribution in [2.45, 2.75) is 22.6 Å². The Morgan fingerprint density at radius 2 is 1.00 bits per heavy atom. The van der Waals surface area contributed by atoms with E-state index in [0.29, 0.717) is 68.5 Å². The van der Waals surface area contributed by atoms with Gasteiger partial charge in [0.05, 0.1) is 40.9 Å². The Hall–Kier alpha value is -0.170. The SMILES string of the molecule is NCCCOc1c(Br)cc(S(=O)(=O)c2cc(Br)c(OCCCN)c(Br)c2)cc1Br. The van der Waals surface area contributed by atoms with E-state index in [1.807, 2.05) is 0 Å². The number of sulfone groups is 1. The number of hydrogen-bond acceptors (Lipinski definition) is 6. The van der Waals surface area contributed by atoms with E-state index in [1.54, 1.807) is 0 Å². The van der Waals surface area contributed by atoms with Crippen LogP contribution in [0.3, 0.4) is 0 Å². The predicted molar refractivity (Wildman–Crippen MR) is 127 cm³/mol. The minimum Gasteiger partial charge on any atom is -0.491 e. The first kappa shape index (κ1) is 25.1. The van der Waals surface area contributed by atoms with Crippen molar-refractivity contribution in [1.82, 2.24) is 0 Å². The second kappa shape index (κ2) is 11.4. The fraction of sp³-hybridized carbons (Fsp3) is 0.333. The van der Waals surface area contributed by atoms with Gasteiger partial charge < -0.3 is 20.9 Å². The van der Waals surface area contributed by atoms with Gasteiger partial charge in [-0.3, -0.25) is 0 Å². The van der Waals surface area contributed by atoms with Crippen molar-refractivity contribution in [3.63, 3.8) is 0 Å². The molecule has 0 saturated heterocycles. The van der Waals surface area contributed by atoms with Crippen molar-refractivity contribution in [1.29, 1.82) is 0 Å². The molecule has 6 nitrogen and oxygen atoms in total. The average Bonchev–Trinajstić information content (AvgIpc) is 2.65. The molecule has 0 aliphatic heterocycles. The molecule has 0 atom stereocenters. The molecule has 0 saturated carbocycles. The third-order valence-corrected chi connectivity index (χ3v) is 7.82. The quantitative estimate of drug-likeness (QED) is 0.342. The van der Waals surface area contributed by atoms with Gasteiger partial charge in [-0.1, -0.05) is 0 Å². The molecule has 0 heterocycles. The van der Waals surface area contributed by atoms with Crippen LogP contribution in [0.1, 0.15) is 12.8 Å². The third-order valence-electron chi connectivity index (χ3n) is 3.75. The van der Waals surface area contributed by atoms with Crippen molar-refractivity contribution < 1.29 is 17.9 Å². The Morgan fingerprint density at radius 3 is 1.28 bits per heavy atom. The highest BCUT2D eigenvalue weighted by molar-refractivity contribution is 9.11. The van der Waals surface area contributed by atoms with Gasteiger partial charge in [0.2, 0.25) is 9.84 Å². The van der Waals surface area contributed by atoms with E-state index in [0.717, 1.165) is 0 Å². The van der Waals surface area contributed by atoms with Crippen LogP contribution in [0.4, 0.5) is 0 Å². The summed E-state index contributed by atoms with van der Waals surface area (Å²) in [4.78, 5) is 0.246. The second-order valence-corrected chi connectivity index (χ2v) is 11.3. The zero-order valence-electron chi connectivity index (χ0n) is 15.3. The van der Waals surface area contributed by atoms with Gasteiger partial charge in [-0.2, -0.15) is 0 Å². The van der Waals surface area contributed by atoms with Gasteiger partial charge in [0, 0.05) is 0 Å². The van der Waals surface area contributed by atoms with E-state index in [-0.39, 0.29) is 9.79 Å². The lowest BCUT2D eigenvalue weighted by atomic mass is 10.3. The lowest BCUT2D eigenvalue weighted by molar-refractivity contribution is 0.309. The standard InChI is InChI=1S/C18H20Br4N2O4S/c19-13-7-11(8-14(20)17(13)27-5-1-3-23)29(25,26)12-9-15(21)18(16(22)10-12)28-6-2-4-24/h7-10H,1-6,23-24H2. The molecular formula is C18H20Br4N2O4S. The lowest BCUT2D eigenvalue weighted by Crippen LogP contribution is -2.08. The van der Waals surface area contributed by atoms with E-state index in [2.05, 4.69) is 63.7 Å². The Balaban J connectivity index is 2.37. The maximum Gasteiger partial charge on any atom is 0.206 e. The van der Waals surface area contributed by atoms with Crippen LogP contribution in [0.5, 0.6) is 11.5 Å². The van der Waals surface area contributed by atoms with E-state index >= 15 is 0 Å². The van der Waals surface area contributed by atoms with Gasteiger partial charge in [0.1, 0.15) is 11.5 Å². The third kappa shape index (κ3) is 6.41. The second-order valence-electron chi connectivity index (χ2n) is 5.92. The Kier molecular flexibility index (Phi) is 9.91. The van der Waals surface area contributed by atoms with E-state index in [9.17, 15) is 8.42 Å². The lowest BCUT2D eigenvalue weighted by Gasteiger charge is -2.14. The summed E-state index contributed by atoms with van der Waals surface area (Å²) in [6.45, 7) is 1.89. The minimum atomic E-state index is -3.78. The van der Waals surface area contributed by atoms with Crippen molar-refractivity contribution in [3.8, 4) is 11.5 Å². The molecular weight excluding hydrogens is 660 g/mol. The summed E-state index contributed by atoms with van der Waals surface area (Å²) in [5.41, 5.74) is 11.0. The van der Waals surface area contributed by atoms with E-state index < -0.39 is 9.84 Å². The molecule has 0 bridgehead atoms. The van der Waals surface area contributed by atoms with E-state index in [1.165, 1.54) is 24.3 Å². The maximum absolute atomic E-state index is 13.2. The molecule has 11 heteroatoms. The average molecular weight is 680 g/mol. The summed E-state index contributed by atoms with van der Waals surface area (Å²) in [5, 5.41) is 0. The molecule has 0 amide bonds. The molecule has 2 rings (SSSR count). The molecule has 2 aromatic carbocycles. The summed E-state index contributed by atoms with van der Waals surface area (Å²) in [6.07, 6.45) is 1.39.